The minimum atomic E-state index is 0.108. The Bertz CT molecular complexity index is 764. The molecule has 5 nitrogen and oxygen atoms in total. The van der Waals surface area contributed by atoms with Gasteiger partial charge in [-0.15, -0.1) is 5.10 Å². The molecule has 1 aromatic rings. The summed E-state index contributed by atoms with van der Waals surface area (Å²) in [5.74, 6) is 0.490. The number of hydrogen-bond acceptors (Lipinski definition) is 4. The minimum Gasteiger partial charge on any atom is -0.382 e. The molecular weight excluding hydrogens is 286 g/mol. The van der Waals surface area contributed by atoms with Crippen molar-refractivity contribution in [3.8, 4) is 0 Å². The molecule has 23 heavy (non-hydrogen) atoms. The van der Waals surface area contributed by atoms with Crippen molar-refractivity contribution in [2.45, 2.75) is 0 Å². The summed E-state index contributed by atoms with van der Waals surface area (Å²) in [7, 11) is 4.08. The van der Waals surface area contributed by atoms with Crippen LogP contribution in [0.2, 0.25) is 0 Å². The summed E-state index contributed by atoms with van der Waals surface area (Å²) in [6.45, 7) is 0. The highest BCUT2D eigenvalue weighted by Gasteiger charge is 2.23. The highest BCUT2D eigenvalue weighted by atomic mass is 15.2. The molecule has 0 saturated heterocycles. The topological polar surface area (TPSA) is 66.9 Å². The Hall–Kier alpha value is -2.95. The Morgan fingerprint density at radius 3 is 2.65 bits per heavy atom. The first-order valence-corrected chi connectivity index (χ1v) is 7.42. The highest BCUT2D eigenvalue weighted by molar-refractivity contribution is 6.03. The lowest BCUT2D eigenvalue weighted by atomic mass is 9.85. The van der Waals surface area contributed by atoms with Crippen LogP contribution in [0, 0.1) is 5.92 Å². The fourth-order valence-corrected chi connectivity index (χ4v) is 2.60. The van der Waals surface area contributed by atoms with E-state index in [-0.39, 0.29) is 5.92 Å². The van der Waals surface area contributed by atoms with Crippen LogP contribution in [0.5, 0.6) is 0 Å². The number of pyridine rings is 1. The molecule has 1 heterocycles. The van der Waals surface area contributed by atoms with Crippen LogP contribution >= 0.6 is 0 Å². The molecule has 116 valence electrons. The fourth-order valence-electron chi connectivity index (χ4n) is 2.60. The van der Waals surface area contributed by atoms with Crippen molar-refractivity contribution in [3.63, 3.8) is 0 Å². The van der Waals surface area contributed by atoms with E-state index >= 15 is 0 Å². The molecule has 1 aromatic heterocycles. The molecule has 0 amide bonds. The van der Waals surface area contributed by atoms with Crippen molar-refractivity contribution in [3.05, 3.63) is 77.8 Å². The van der Waals surface area contributed by atoms with Gasteiger partial charge in [0.25, 0.3) is 0 Å². The van der Waals surface area contributed by atoms with Gasteiger partial charge in [-0.3, -0.25) is 4.98 Å². The second kappa shape index (κ2) is 6.44. The third kappa shape index (κ3) is 3.13. The lowest BCUT2D eigenvalue weighted by molar-refractivity contribution is 0.520. The van der Waals surface area contributed by atoms with E-state index in [0.29, 0.717) is 5.84 Å². The van der Waals surface area contributed by atoms with Gasteiger partial charge in [0.1, 0.15) is 0 Å². The lowest BCUT2D eigenvalue weighted by Crippen LogP contribution is -2.24. The average molecular weight is 305 g/mol. The predicted molar refractivity (Wildman–Crippen MR) is 94.0 cm³/mol. The van der Waals surface area contributed by atoms with Gasteiger partial charge < -0.3 is 10.6 Å². The van der Waals surface area contributed by atoms with E-state index in [1.54, 1.807) is 12.4 Å². The highest BCUT2D eigenvalue weighted by Crippen LogP contribution is 2.29. The van der Waals surface area contributed by atoms with E-state index in [9.17, 15) is 0 Å². The van der Waals surface area contributed by atoms with Gasteiger partial charge in [0, 0.05) is 43.7 Å². The molecule has 1 atom stereocenters. The fraction of sp³-hybridized carbons (Fsp3) is 0.167. The quantitative estimate of drug-likeness (QED) is 0.529. The van der Waals surface area contributed by atoms with E-state index in [0.717, 1.165) is 11.3 Å². The van der Waals surface area contributed by atoms with Crippen molar-refractivity contribution in [2.24, 2.45) is 21.9 Å². The summed E-state index contributed by atoms with van der Waals surface area (Å²) in [5, 5.41) is 8.56. The van der Waals surface area contributed by atoms with Gasteiger partial charge >= 0.3 is 0 Å². The molecule has 0 bridgehead atoms. The van der Waals surface area contributed by atoms with Crippen molar-refractivity contribution in [1.82, 2.24) is 9.88 Å². The summed E-state index contributed by atoms with van der Waals surface area (Å²) >= 11 is 0. The van der Waals surface area contributed by atoms with Crippen LogP contribution in [-0.4, -0.2) is 35.5 Å². The molecule has 3 rings (SSSR count). The van der Waals surface area contributed by atoms with E-state index in [4.69, 9.17) is 5.73 Å². The van der Waals surface area contributed by atoms with Gasteiger partial charge in [0.05, 0.1) is 5.71 Å². The molecule has 2 aliphatic carbocycles. The van der Waals surface area contributed by atoms with Gasteiger partial charge in [0.2, 0.25) is 0 Å². The number of aromatic nitrogens is 1. The molecule has 2 aliphatic rings. The Morgan fingerprint density at radius 2 is 1.91 bits per heavy atom. The van der Waals surface area contributed by atoms with E-state index in [1.165, 1.54) is 11.3 Å². The van der Waals surface area contributed by atoms with Crippen molar-refractivity contribution < 1.29 is 0 Å². The van der Waals surface area contributed by atoms with E-state index in [2.05, 4.69) is 38.3 Å². The number of rotatable bonds is 3. The van der Waals surface area contributed by atoms with Crippen LogP contribution in [0.25, 0.3) is 0 Å². The molecule has 5 heteroatoms. The lowest BCUT2D eigenvalue weighted by Gasteiger charge is -2.27. The molecule has 0 aromatic carbocycles. The second-order valence-corrected chi connectivity index (χ2v) is 5.54. The number of amidine groups is 1. The van der Waals surface area contributed by atoms with Gasteiger partial charge in [-0.2, -0.15) is 5.10 Å². The first kappa shape index (κ1) is 15.0. The van der Waals surface area contributed by atoms with Crippen molar-refractivity contribution >= 4 is 11.5 Å². The number of nitrogens with zero attached hydrogens (tertiary/aromatic N) is 4. The monoisotopic (exact) mass is 305 g/mol. The molecular formula is C18H19N5. The molecule has 2 N–H and O–H groups in total. The number of nitrogens with two attached hydrogens (primary N) is 1. The second-order valence-electron chi connectivity index (χ2n) is 5.54. The number of hydrogen-bond donors (Lipinski definition) is 1. The first-order chi connectivity index (χ1) is 11.2. The summed E-state index contributed by atoms with van der Waals surface area (Å²) < 4.78 is 0. The first-order valence-electron chi connectivity index (χ1n) is 7.42. The van der Waals surface area contributed by atoms with Crippen LogP contribution in [0.4, 0.5) is 0 Å². The molecule has 0 spiro atoms. The van der Waals surface area contributed by atoms with Crippen LogP contribution in [0.1, 0.15) is 5.56 Å². The molecule has 0 aliphatic heterocycles. The zero-order chi connectivity index (χ0) is 16.2. The Labute approximate surface area is 135 Å². The summed E-state index contributed by atoms with van der Waals surface area (Å²) in [5.41, 5.74) is 10.1. The van der Waals surface area contributed by atoms with Gasteiger partial charge in [-0.1, -0.05) is 24.3 Å². The third-order valence-electron chi connectivity index (χ3n) is 3.78. The summed E-state index contributed by atoms with van der Waals surface area (Å²) in [4.78, 5) is 6.08. The Morgan fingerprint density at radius 1 is 1.13 bits per heavy atom. The van der Waals surface area contributed by atoms with Gasteiger partial charge in [-0.05, 0) is 29.9 Å². The predicted octanol–water partition coefficient (Wildman–Crippen LogP) is 2.27. The van der Waals surface area contributed by atoms with E-state index < -0.39 is 0 Å². The van der Waals surface area contributed by atoms with Gasteiger partial charge in [0.15, 0.2) is 5.84 Å². The standard InChI is InChI=1S/C18H19N5/c1-23(2)17-8-7-16(14-5-3-4-6-15(14)17)21-22-18(19)13-9-11-20-12-10-13/h3-12,14H,1-2H3,(H2,19,22). The summed E-state index contributed by atoms with van der Waals surface area (Å²) in [6.07, 6.45) is 15.7. The molecule has 0 radical (unpaired) electrons. The average Bonchev–Trinajstić information content (AvgIpc) is 2.59. The molecule has 0 fully saturated rings. The minimum absolute atomic E-state index is 0.108. The Kier molecular flexibility index (Phi) is 4.19. The zero-order valence-corrected chi connectivity index (χ0v) is 13.2. The molecule has 1 unspecified atom stereocenters. The maximum atomic E-state index is 5.99. The third-order valence-corrected chi connectivity index (χ3v) is 3.78. The normalized spacial score (nSPS) is 21.7. The van der Waals surface area contributed by atoms with Crippen LogP contribution in [0.15, 0.2) is 82.5 Å². The van der Waals surface area contributed by atoms with Crippen molar-refractivity contribution in [1.29, 1.82) is 0 Å². The van der Waals surface area contributed by atoms with Crippen LogP contribution in [0.3, 0.4) is 0 Å². The van der Waals surface area contributed by atoms with Crippen molar-refractivity contribution in [2.75, 3.05) is 14.1 Å². The SMILES string of the molecule is CN(C)C1=C2C=CC=CC2C(=NN=C(N)c2ccncc2)C=C1. The maximum Gasteiger partial charge on any atom is 0.153 e. The van der Waals surface area contributed by atoms with E-state index in [1.807, 2.05) is 44.5 Å². The van der Waals surface area contributed by atoms with Crippen LogP contribution in [-0.2, 0) is 0 Å². The maximum absolute atomic E-state index is 5.99. The largest absolute Gasteiger partial charge is 0.382 e. The Balaban J connectivity index is 1.92. The summed E-state index contributed by atoms with van der Waals surface area (Å²) in [6, 6.07) is 3.63. The number of allylic oxidation sites excluding steroid dienone is 7. The smallest absolute Gasteiger partial charge is 0.153 e. The van der Waals surface area contributed by atoms with Gasteiger partial charge in [-0.25, -0.2) is 0 Å². The molecule has 0 saturated carbocycles. The van der Waals surface area contributed by atoms with Crippen LogP contribution < -0.4 is 5.73 Å². The number of likely N-dealkylation sites (N-methyl/N-ethyl adjacent to an activating group) is 1. The zero-order valence-electron chi connectivity index (χ0n) is 13.2. The number of fused-ring (bicyclic) bond motifs is 1.